The molecule has 0 saturated heterocycles. The van der Waals surface area contributed by atoms with Crippen LogP contribution in [0.15, 0.2) is 0 Å². The van der Waals surface area contributed by atoms with E-state index in [0.717, 1.165) is 12.8 Å². The summed E-state index contributed by atoms with van der Waals surface area (Å²) in [6.45, 7) is 3.53. The Balaban J connectivity index is 1.88. The number of halogens is 2. The molecule has 2 rings (SSSR count). The zero-order valence-corrected chi connectivity index (χ0v) is 13.0. The molecular weight excluding hydrogens is 286 g/mol. The van der Waals surface area contributed by atoms with Crippen molar-refractivity contribution in [1.82, 2.24) is 0 Å². The van der Waals surface area contributed by atoms with E-state index in [-0.39, 0.29) is 12.8 Å². The van der Waals surface area contributed by atoms with Gasteiger partial charge < -0.3 is 0 Å². The van der Waals surface area contributed by atoms with Crippen molar-refractivity contribution in [1.29, 1.82) is 0 Å². The van der Waals surface area contributed by atoms with Gasteiger partial charge in [0.2, 0.25) is 0 Å². The van der Waals surface area contributed by atoms with Crippen molar-refractivity contribution >= 4 is 11.4 Å². The molecule has 4 atom stereocenters. The first kappa shape index (κ1) is 16.3. The third-order valence-corrected chi connectivity index (χ3v) is 5.37. The van der Waals surface area contributed by atoms with Gasteiger partial charge in [0.1, 0.15) is 12.3 Å². The first-order valence-electron chi connectivity index (χ1n) is 7.39. The third-order valence-electron chi connectivity index (χ3n) is 4.29. The molecule has 0 aromatic carbocycles. The fraction of sp³-hybridized carbons (Fsp3) is 1.00. The summed E-state index contributed by atoms with van der Waals surface area (Å²) < 4.78 is 49.8. The Morgan fingerprint density at radius 3 is 1.70 bits per heavy atom. The second kappa shape index (κ2) is 6.36. The smallest absolute Gasteiger partial charge is 0.262 e. The summed E-state index contributed by atoms with van der Waals surface area (Å²) in [6.07, 6.45) is 2.52. The highest BCUT2D eigenvalue weighted by Crippen LogP contribution is 2.37. The Labute approximate surface area is 122 Å². The summed E-state index contributed by atoms with van der Waals surface area (Å²) in [5.41, 5.74) is -1.49. The Hall–Kier alpha value is -0.0700. The average molecular weight is 310 g/mol. The van der Waals surface area contributed by atoms with E-state index in [1.54, 1.807) is 13.8 Å². The molecule has 0 aromatic rings. The standard InChI is InChI=1S/C14H24F2O3S/c1-13(7-3-5-11(15)9-13)18-20(17)19-14(2)8-4-6-12(16)10-14/h11-12H,3-10H2,1-2H3. The lowest BCUT2D eigenvalue weighted by Crippen LogP contribution is -2.41. The first-order chi connectivity index (χ1) is 9.30. The van der Waals surface area contributed by atoms with Gasteiger partial charge in [-0.15, -0.1) is 0 Å². The monoisotopic (exact) mass is 310 g/mol. The summed E-state index contributed by atoms with van der Waals surface area (Å²) in [4.78, 5) is 0. The van der Waals surface area contributed by atoms with Crippen molar-refractivity contribution < 1.29 is 21.4 Å². The highest BCUT2D eigenvalue weighted by Gasteiger charge is 2.39. The zero-order chi connectivity index (χ0) is 14.8. The van der Waals surface area contributed by atoms with Crippen molar-refractivity contribution in [3.8, 4) is 0 Å². The van der Waals surface area contributed by atoms with Gasteiger partial charge in [0.05, 0.1) is 11.2 Å². The molecule has 6 heteroatoms. The van der Waals surface area contributed by atoms with Gasteiger partial charge in [-0.1, -0.05) is 0 Å². The molecule has 0 spiro atoms. The van der Waals surface area contributed by atoms with Crippen LogP contribution in [0.1, 0.15) is 65.2 Å². The van der Waals surface area contributed by atoms with E-state index in [2.05, 4.69) is 0 Å². The molecule has 118 valence electrons. The van der Waals surface area contributed by atoms with E-state index in [4.69, 9.17) is 8.37 Å². The van der Waals surface area contributed by atoms with Crippen LogP contribution in [0.4, 0.5) is 8.78 Å². The van der Waals surface area contributed by atoms with Crippen molar-refractivity contribution in [2.75, 3.05) is 0 Å². The van der Waals surface area contributed by atoms with Gasteiger partial charge in [-0.25, -0.2) is 8.78 Å². The Morgan fingerprint density at radius 2 is 1.35 bits per heavy atom. The lowest BCUT2D eigenvalue weighted by molar-refractivity contribution is -0.0192. The molecule has 0 heterocycles. The minimum absolute atomic E-state index is 0.241. The van der Waals surface area contributed by atoms with Crippen LogP contribution in [0.2, 0.25) is 0 Å². The molecule has 20 heavy (non-hydrogen) atoms. The lowest BCUT2D eigenvalue weighted by atomic mass is 9.85. The van der Waals surface area contributed by atoms with Gasteiger partial charge in [0.25, 0.3) is 0 Å². The molecule has 0 radical (unpaired) electrons. The maximum absolute atomic E-state index is 13.4. The van der Waals surface area contributed by atoms with Crippen LogP contribution in [0.25, 0.3) is 0 Å². The Bertz CT molecular complexity index is 336. The molecule has 0 amide bonds. The van der Waals surface area contributed by atoms with E-state index in [9.17, 15) is 13.0 Å². The van der Waals surface area contributed by atoms with Crippen LogP contribution < -0.4 is 0 Å². The highest BCUT2D eigenvalue weighted by atomic mass is 32.2. The van der Waals surface area contributed by atoms with Crippen LogP contribution in [0.5, 0.6) is 0 Å². The second-order valence-corrected chi connectivity index (χ2v) is 7.40. The molecular formula is C14H24F2O3S. The quantitative estimate of drug-likeness (QED) is 0.789. The van der Waals surface area contributed by atoms with E-state index >= 15 is 0 Å². The van der Waals surface area contributed by atoms with Crippen LogP contribution in [-0.4, -0.2) is 27.8 Å². The maximum atomic E-state index is 13.4. The molecule has 4 unspecified atom stereocenters. The zero-order valence-electron chi connectivity index (χ0n) is 12.2. The molecule has 2 saturated carbocycles. The van der Waals surface area contributed by atoms with Gasteiger partial charge in [-0.2, -0.15) is 4.21 Å². The molecule has 0 bridgehead atoms. The van der Waals surface area contributed by atoms with Gasteiger partial charge in [0, 0.05) is 12.8 Å². The topological polar surface area (TPSA) is 35.5 Å². The van der Waals surface area contributed by atoms with Crippen LogP contribution >= 0.6 is 0 Å². The van der Waals surface area contributed by atoms with Crippen molar-refractivity contribution in [3.63, 3.8) is 0 Å². The van der Waals surface area contributed by atoms with E-state index < -0.39 is 34.9 Å². The maximum Gasteiger partial charge on any atom is 0.305 e. The molecule has 3 nitrogen and oxygen atoms in total. The summed E-state index contributed by atoms with van der Waals surface area (Å²) >= 11 is -1.96. The highest BCUT2D eigenvalue weighted by molar-refractivity contribution is 7.75. The van der Waals surface area contributed by atoms with E-state index in [1.807, 2.05) is 0 Å². The molecule has 0 aliphatic heterocycles. The number of rotatable bonds is 4. The fourth-order valence-corrected chi connectivity index (χ4v) is 4.23. The number of hydrogen-bond acceptors (Lipinski definition) is 3. The summed E-state index contributed by atoms with van der Waals surface area (Å²) in [5.74, 6) is 0. The Kier molecular flexibility index (Phi) is 5.19. The summed E-state index contributed by atoms with van der Waals surface area (Å²) in [5, 5.41) is 0. The summed E-state index contributed by atoms with van der Waals surface area (Å²) in [6, 6.07) is 0. The molecule has 2 fully saturated rings. The minimum atomic E-state index is -1.96. The number of hydrogen-bond donors (Lipinski definition) is 0. The molecule has 2 aliphatic rings. The van der Waals surface area contributed by atoms with Crippen LogP contribution in [-0.2, 0) is 19.7 Å². The van der Waals surface area contributed by atoms with E-state index in [1.165, 1.54) is 0 Å². The first-order valence-corrected chi connectivity index (χ1v) is 8.39. The Morgan fingerprint density at radius 1 is 0.950 bits per heavy atom. The average Bonchev–Trinajstić information content (AvgIpc) is 2.25. The van der Waals surface area contributed by atoms with Crippen molar-refractivity contribution in [2.45, 2.75) is 88.8 Å². The normalized spacial score (nSPS) is 44.2. The summed E-state index contributed by atoms with van der Waals surface area (Å²) in [7, 11) is 0. The second-order valence-electron chi connectivity index (χ2n) is 6.66. The van der Waals surface area contributed by atoms with Gasteiger partial charge in [0.15, 0.2) is 0 Å². The van der Waals surface area contributed by atoms with Crippen LogP contribution in [0, 0.1) is 0 Å². The van der Waals surface area contributed by atoms with Gasteiger partial charge >= 0.3 is 11.4 Å². The third kappa shape index (κ3) is 4.46. The number of alkyl halides is 2. The largest absolute Gasteiger partial charge is 0.305 e. The lowest BCUT2D eigenvalue weighted by Gasteiger charge is -2.37. The molecule has 0 N–H and O–H groups in total. The predicted octanol–water partition coefficient (Wildman–Crippen LogP) is 3.94. The van der Waals surface area contributed by atoms with Crippen molar-refractivity contribution in [3.05, 3.63) is 0 Å². The minimum Gasteiger partial charge on any atom is -0.262 e. The van der Waals surface area contributed by atoms with Crippen molar-refractivity contribution in [2.24, 2.45) is 0 Å². The molecule has 2 aliphatic carbocycles. The predicted molar refractivity (Wildman–Crippen MR) is 73.9 cm³/mol. The SMILES string of the molecule is CC1(OS(=O)OC2(C)CCCC(F)C2)CCCC(F)C1. The van der Waals surface area contributed by atoms with Crippen LogP contribution in [0.3, 0.4) is 0 Å². The fourth-order valence-electron chi connectivity index (χ4n) is 3.24. The molecule has 0 aromatic heterocycles. The van der Waals surface area contributed by atoms with E-state index in [0.29, 0.717) is 25.7 Å². The van der Waals surface area contributed by atoms with Gasteiger partial charge in [-0.3, -0.25) is 8.37 Å². The van der Waals surface area contributed by atoms with Gasteiger partial charge in [-0.05, 0) is 52.4 Å².